The fourth-order valence-corrected chi connectivity index (χ4v) is 6.98. The molecule has 1 aliphatic heterocycles. The molecular formula is C46H57F3N2O10. The van der Waals surface area contributed by atoms with Crippen molar-refractivity contribution in [2.45, 2.75) is 31.4 Å². The first-order valence-corrected chi connectivity index (χ1v) is 20.7. The zero-order chi connectivity index (χ0) is 43.3. The quantitative estimate of drug-likeness (QED) is 0.0594. The van der Waals surface area contributed by atoms with Gasteiger partial charge < -0.3 is 48.9 Å². The first-order chi connectivity index (χ1) is 29.6. The van der Waals surface area contributed by atoms with E-state index in [1.807, 2.05) is 29.2 Å². The third-order valence-electron chi connectivity index (χ3n) is 10.2. The number of alkyl halides is 3. The van der Waals surface area contributed by atoms with Gasteiger partial charge in [0.25, 0.3) is 0 Å². The van der Waals surface area contributed by atoms with Crippen LogP contribution in [0, 0.1) is 0 Å². The fourth-order valence-electron chi connectivity index (χ4n) is 6.98. The van der Waals surface area contributed by atoms with Crippen LogP contribution < -0.4 is 5.73 Å². The molecule has 0 bridgehead atoms. The lowest BCUT2D eigenvalue weighted by Crippen LogP contribution is -2.38. The molecule has 0 atom stereocenters. The number of ether oxygens (including phenoxy) is 7. The lowest BCUT2D eigenvalue weighted by Gasteiger charge is -2.32. The van der Waals surface area contributed by atoms with Crippen LogP contribution in [0.15, 0.2) is 78.9 Å². The highest BCUT2D eigenvalue weighted by atomic mass is 19.4. The Morgan fingerprint density at radius 1 is 0.607 bits per heavy atom. The topological polar surface area (TPSA) is 148 Å². The Bertz CT molecular complexity index is 1920. The van der Waals surface area contributed by atoms with E-state index in [4.69, 9.17) is 38.9 Å². The average Bonchev–Trinajstić information content (AvgIpc) is 3.27. The van der Waals surface area contributed by atoms with Crippen molar-refractivity contribution in [3.05, 3.63) is 95.6 Å². The molecule has 3 N–H and O–H groups in total. The van der Waals surface area contributed by atoms with Crippen LogP contribution in [0.4, 0.5) is 13.2 Å². The summed E-state index contributed by atoms with van der Waals surface area (Å²) in [6, 6.07) is 21.8. The van der Waals surface area contributed by atoms with Crippen molar-refractivity contribution < 1.29 is 61.0 Å². The lowest BCUT2D eigenvalue weighted by molar-refractivity contribution is -0.137. The summed E-state index contributed by atoms with van der Waals surface area (Å²) in [5.41, 5.74) is 8.77. The SMILES string of the molecule is NCCOCCOCCOCCOCCOCCOCCOCCC(=O)N1CCC(c2ccc(-c3cc(C(=O)O)cc4cc(-c5ccc(C(F)(F)F)cc5)ccc34)cc2)CC1. The second-order valence-electron chi connectivity index (χ2n) is 14.4. The maximum atomic E-state index is 13.1. The number of carbonyl (C=O) groups excluding carboxylic acids is 1. The third kappa shape index (κ3) is 15.8. The summed E-state index contributed by atoms with van der Waals surface area (Å²) in [5.74, 6) is -0.723. The smallest absolute Gasteiger partial charge is 0.416 e. The maximum Gasteiger partial charge on any atom is 0.416 e. The van der Waals surface area contributed by atoms with Crippen molar-refractivity contribution >= 4 is 22.6 Å². The number of likely N-dealkylation sites (tertiary alicyclic amines) is 1. The van der Waals surface area contributed by atoms with Crippen LogP contribution in [0.2, 0.25) is 0 Å². The molecule has 1 heterocycles. The number of fused-ring (bicyclic) bond motifs is 1. The van der Waals surface area contributed by atoms with Gasteiger partial charge in [0.15, 0.2) is 0 Å². The van der Waals surface area contributed by atoms with E-state index in [2.05, 4.69) is 12.1 Å². The number of nitrogens with two attached hydrogens (primary N) is 1. The zero-order valence-corrected chi connectivity index (χ0v) is 34.5. The normalized spacial score (nSPS) is 13.6. The minimum Gasteiger partial charge on any atom is -0.478 e. The number of nitrogens with zero attached hydrogens (tertiary/aromatic N) is 1. The molecule has 4 aromatic carbocycles. The number of benzene rings is 4. The maximum absolute atomic E-state index is 13.1. The van der Waals surface area contributed by atoms with E-state index < -0.39 is 17.7 Å². The predicted molar refractivity (Wildman–Crippen MR) is 225 cm³/mol. The van der Waals surface area contributed by atoms with Gasteiger partial charge in [-0.3, -0.25) is 4.79 Å². The standard InChI is InChI=1S/C46H57F3N2O10/c47-46(48,49)41-8-5-35(6-9-41)38-7-10-42-39(31-38)32-40(45(53)54)33-43(42)37-3-1-34(2-4-37)36-11-15-51(16-12-36)44(52)13-17-55-19-21-57-23-25-59-27-29-61-30-28-60-26-24-58-22-20-56-18-14-50/h1-10,31-33,36H,11-30,50H2,(H,53,54). The van der Waals surface area contributed by atoms with E-state index in [0.717, 1.165) is 47.1 Å². The highest BCUT2D eigenvalue weighted by molar-refractivity contribution is 6.04. The van der Waals surface area contributed by atoms with Crippen LogP contribution in [0.1, 0.15) is 46.7 Å². The van der Waals surface area contributed by atoms with E-state index in [0.29, 0.717) is 135 Å². The van der Waals surface area contributed by atoms with Gasteiger partial charge in [0.1, 0.15) is 0 Å². The average molecular weight is 855 g/mol. The second-order valence-corrected chi connectivity index (χ2v) is 14.4. The van der Waals surface area contributed by atoms with Gasteiger partial charge in [-0.2, -0.15) is 13.2 Å². The Labute approximate surface area is 354 Å². The number of aromatic carboxylic acids is 1. The summed E-state index contributed by atoms with van der Waals surface area (Å²) < 4.78 is 77.5. The van der Waals surface area contributed by atoms with E-state index in [-0.39, 0.29) is 17.4 Å². The van der Waals surface area contributed by atoms with Crippen LogP contribution in [0.5, 0.6) is 0 Å². The van der Waals surface area contributed by atoms with Crippen molar-refractivity contribution in [1.29, 1.82) is 0 Å². The number of carbonyl (C=O) groups is 2. The number of carboxylic acids is 1. The molecule has 1 saturated heterocycles. The van der Waals surface area contributed by atoms with Gasteiger partial charge in [0, 0.05) is 19.6 Å². The van der Waals surface area contributed by atoms with Crippen molar-refractivity contribution in [2.75, 3.05) is 112 Å². The minimum atomic E-state index is -4.43. The number of carboxylic acid groups (broad SMARTS) is 1. The monoisotopic (exact) mass is 854 g/mol. The molecule has 12 nitrogen and oxygen atoms in total. The molecule has 0 aliphatic carbocycles. The van der Waals surface area contributed by atoms with Crippen molar-refractivity contribution in [3.63, 3.8) is 0 Å². The number of amides is 1. The molecule has 0 saturated carbocycles. The Kier molecular flexibility index (Phi) is 19.9. The Balaban J connectivity index is 0.940. The van der Waals surface area contributed by atoms with Gasteiger partial charge in [0.2, 0.25) is 5.91 Å². The number of piperidine rings is 1. The summed E-state index contributed by atoms with van der Waals surface area (Å²) in [6.45, 7) is 8.31. The fraction of sp³-hybridized carbons (Fsp3) is 0.478. The molecule has 332 valence electrons. The number of hydrogen-bond acceptors (Lipinski definition) is 10. The highest BCUT2D eigenvalue weighted by Crippen LogP contribution is 2.36. The van der Waals surface area contributed by atoms with Crippen LogP contribution in [-0.4, -0.2) is 134 Å². The molecule has 15 heteroatoms. The molecule has 0 aromatic heterocycles. The van der Waals surface area contributed by atoms with Gasteiger partial charge in [-0.05, 0) is 87.7 Å². The van der Waals surface area contributed by atoms with Crippen molar-refractivity contribution in [2.24, 2.45) is 5.73 Å². The number of rotatable bonds is 27. The van der Waals surface area contributed by atoms with Gasteiger partial charge in [-0.1, -0.05) is 48.5 Å². The van der Waals surface area contributed by atoms with Gasteiger partial charge in [0.05, 0.1) is 110 Å². The Morgan fingerprint density at radius 2 is 1.08 bits per heavy atom. The van der Waals surface area contributed by atoms with E-state index in [9.17, 15) is 27.9 Å². The lowest BCUT2D eigenvalue weighted by atomic mass is 9.87. The molecule has 5 rings (SSSR count). The van der Waals surface area contributed by atoms with Gasteiger partial charge in [-0.25, -0.2) is 4.79 Å². The Hall–Kier alpha value is -4.45. The summed E-state index contributed by atoms with van der Waals surface area (Å²) in [4.78, 5) is 26.9. The first-order valence-electron chi connectivity index (χ1n) is 20.7. The van der Waals surface area contributed by atoms with Crippen molar-refractivity contribution in [1.82, 2.24) is 4.90 Å². The molecule has 0 radical (unpaired) electrons. The number of hydrogen-bond donors (Lipinski definition) is 2. The molecule has 1 aliphatic rings. The Morgan fingerprint density at radius 3 is 1.57 bits per heavy atom. The minimum absolute atomic E-state index is 0.0674. The molecule has 1 amide bonds. The predicted octanol–water partition coefficient (Wildman–Crippen LogP) is 7.06. The molecule has 0 unspecified atom stereocenters. The van der Waals surface area contributed by atoms with E-state index in [1.165, 1.54) is 12.1 Å². The summed E-state index contributed by atoms with van der Waals surface area (Å²) >= 11 is 0. The van der Waals surface area contributed by atoms with Gasteiger partial charge in [-0.15, -0.1) is 0 Å². The third-order valence-corrected chi connectivity index (χ3v) is 10.2. The first kappa shape index (κ1) is 47.6. The largest absolute Gasteiger partial charge is 0.478 e. The van der Waals surface area contributed by atoms with E-state index in [1.54, 1.807) is 18.2 Å². The molecule has 61 heavy (non-hydrogen) atoms. The zero-order valence-electron chi connectivity index (χ0n) is 34.5. The van der Waals surface area contributed by atoms with Crippen LogP contribution in [-0.2, 0) is 44.1 Å². The van der Waals surface area contributed by atoms with E-state index >= 15 is 0 Å². The van der Waals surface area contributed by atoms with Gasteiger partial charge >= 0.3 is 12.1 Å². The van der Waals surface area contributed by atoms with Crippen molar-refractivity contribution in [3.8, 4) is 22.3 Å². The summed E-state index contributed by atoms with van der Waals surface area (Å²) in [5, 5.41) is 11.4. The molecular weight excluding hydrogens is 798 g/mol. The van der Waals surface area contributed by atoms with Crippen LogP contribution >= 0.6 is 0 Å². The molecule has 0 spiro atoms. The summed E-state index contributed by atoms with van der Waals surface area (Å²) in [7, 11) is 0. The molecule has 1 fully saturated rings. The molecule has 4 aromatic rings. The van der Waals surface area contributed by atoms with Crippen LogP contribution in [0.25, 0.3) is 33.0 Å². The number of halogens is 3. The second kappa shape index (κ2) is 25.5. The van der Waals surface area contributed by atoms with Crippen LogP contribution in [0.3, 0.4) is 0 Å². The highest BCUT2D eigenvalue weighted by Gasteiger charge is 2.30. The summed E-state index contributed by atoms with van der Waals surface area (Å²) in [6.07, 6.45) is -2.47.